The largest absolute Gasteiger partial charge is 0.394 e. The van der Waals surface area contributed by atoms with E-state index in [2.05, 4.69) is 20.9 Å². The van der Waals surface area contributed by atoms with Gasteiger partial charge < -0.3 is 15.6 Å². The first-order valence-corrected chi connectivity index (χ1v) is 6.03. The molecule has 0 radical (unpaired) electrons. The highest BCUT2D eigenvalue weighted by molar-refractivity contribution is 9.10. The zero-order valence-electron chi connectivity index (χ0n) is 9.46. The Morgan fingerprint density at radius 2 is 2.37 bits per heavy atom. The van der Waals surface area contributed by atoms with Crippen molar-refractivity contribution in [3.05, 3.63) is 33.1 Å². The van der Waals surface area contributed by atoms with Gasteiger partial charge >= 0.3 is 5.69 Å². The molecule has 3 atom stereocenters. The van der Waals surface area contributed by atoms with Gasteiger partial charge in [0, 0.05) is 11.8 Å². The summed E-state index contributed by atoms with van der Waals surface area (Å²) in [6.45, 7) is -0.632. The van der Waals surface area contributed by atoms with Gasteiger partial charge in [-0.1, -0.05) is 0 Å². The number of nitrogens with two attached hydrogens (primary N) is 1. The van der Waals surface area contributed by atoms with Crippen LogP contribution in [0.25, 0.3) is 0 Å². The van der Waals surface area contributed by atoms with Crippen molar-refractivity contribution < 1.29 is 18.6 Å². The maximum Gasteiger partial charge on any atom is 0.351 e. The molecule has 1 saturated heterocycles. The lowest BCUT2D eigenvalue weighted by molar-refractivity contribution is -0.0322. The molecule has 0 aromatic carbocycles. The highest BCUT2D eigenvalue weighted by Crippen LogP contribution is 2.36. The van der Waals surface area contributed by atoms with Gasteiger partial charge in [0.15, 0.2) is 12.4 Å². The number of aromatic nitrogens is 2. The number of alkyl halides is 1. The third-order valence-electron chi connectivity index (χ3n) is 2.73. The summed E-state index contributed by atoms with van der Waals surface area (Å²) in [5.41, 5.74) is 4.22. The summed E-state index contributed by atoms with van der Waals surface area (Å²) >= 11 is 3.06. The lowest BCUT2D eigenvalue weighted by Gasteiger charge is -2.15. The molecule has 3 N–H and O–H groups in total. The second-order valence-corrected chi connectivity index (χ2v) is 4.74. The van der Waals surface area contributed by atoms with E-state index in [0.29, 0.717) is 0 Å². The molecule has 3 unspecified atom stereocenters. The van der Waals surface area contributed by atoms with Crippen LogP contribution < -0.4 is 11.4 Å². The van der Waals surface area contributed by atoms with Crippen LogP contribution in [0.1, 0.15) is 6.23 Å². The number of nitrogens with zero attached hydrogens (tertiary/aromatic N) is 2. The van der Waals surface area contributed by atoms with Crippen LogP contribution in [0, 0.1) is 0 Å². The van der Waals surface area contributed by atoms with E-state index in [0.717, 1.165) is 4.57 Å². The van der Waals surface area contributed by atoms with Gasteiger partial charge in [0.1, 0.15) is 11.9 Å². The van der Waals surface area contributed by atoms with Crippen LogP contribution in [0.4, 0.5) is 14.6 Å². The molecule has 1 aliphatic rings. The Morgan fingerprint density at radius 3 is 2.95 bits per heavy atom. The Labute approximate surface area is 114 Å². The van der Waals surface area contributed by atoms with Gasteiger partial charge in [0.25, 0.3) is 0 Å². The zero-order chi connectivity index (χ0) is 14.2. The van der Waals surface area contributed by atoms with Crippen LogP contribution in [-0.2, 0) is 4.74 Å². The molecule has 1 aromatic heterocycles. The Kier molecular flexibility index (Phi) is 3.97. The van der Waals surface area contributed by atoms with Crippen molar-refractivity contribution in [3.63, 3.8) is 0 Å². The molecule has 0 bridgehead atoms. The molecule has 0 amide bonds. The first kappa shape index (κ1) is 14.1. The molecule has 1 fully saturated rings. The number of hydrogen-bond donors (Lipinski definition) is 2. The fraction of sp³-hybridized carbons (Fsp3) is 0.400. The third kappa shape index (κ3) is 2.40. The summed E-state index contributed by atoms with van der Waals surface area (Å²) in [5, 5.41) is 8.94. The Bertz CT molecular complexity index is 578. The normalized spacial score (nSPS) is 29.1. The molecule has 104 valence electrons. The summed E-state index contributed by atoms with van der Waals surface area (Å²) in [6.07, 6.45) is -3.10. The predicted octanol–water partition coefficient (Wildman–Crippen LogP) is 0.669. The maximum absolute atomic E-state index is 13.7. The number of aliphatic hydroxyl groups excluding tert-OH is 1. The molecule has 9 heteroatoms. The standard InChI is InChI=1S/C10H10BrF2N3O3/c11-5-2-16(10(18)15-8(5)14)9-4(1-12)7(13)6(3-17)19-9/h1-2,6-7,9,17H,3H2,(H2,14,15,18). The van der Waals surface area contributed by atoms with Crippen LogP contribution in [-0.4, -0.2) is 33.5 Å². The van der Waals surface area contributed by atoms with Gasteiger partial charge in [-0.3, -0.25) is 4.57 Å². The van der Waals surface area contributed by atoms with Crippen LogP contribution in [0.5, 0.6) is 0 Å². The molecule has 2 rings (SSSR count). The average Bonchev–Trinajstić information content (AvgIpc) is 2.70. The molecule has 0 saturated carbocycles. The van der Waals surface area contributed by atoms with Crippen molar-refractivity contribution in [2.45, 2.75) is 18.5 Å². The van der Waals surface area contributed by atoms with E-state index in [-0.39, 0.29) is 22.2 Å². The fourth-order valence-electron chi connectivity index (χ4n) is 1.77. The van der Waals surface area contributed by atoms with Crippen LogP contribution in [0.2, 0.25) is 0 Å². The minimum atomic E-state index is -1.83. The predicted molar refractivity (Wildman–Crippen MR) is 65.7 cm³/mol. The van der Waals surface area contributed by atoms with Gasteiger partial charge in [0.05, 0.1) is 17.4 Å². The zero-order valence-corrected chi connectivity index (χ0v) is 11.0. The second kappa shape index (κ2) is 5.35. The molecule has 0 aliphatic carbocycles. The van der Waals surface area contributed by atoms with Crippen molar-refractivity contribution in [2.75, 3.05) is 12.3 Å². The number of aliphatic hydroxyl groups is 1. The summed E-state index contributed by atoms with van der Waals surface area (Å²) in [5.74, 6) is -0.0412. The van der Waals surface area contributed by atoms with Crippen LogP contribution >= 0.6 is 15.9 Å². The number of anilines is 1. The quantitative estimate of drug-likeness (QED) is 0.827. The fourth-order valence-corrected chi connectivity index (χ4v) is 2.07. The molecular weight excluding hydrogens is 328 g/mol. The van der Waals surface area contributed by atoms with E-state index in [4.69, 9.17) is 15.6 Å². The molecule has 2 heterocycles. The summed E-state index contributed by atoms with van der Waals surface area (Å²) in [4.78, 5) is 15.2. The van der Waals surface area contributed by atoms with Gasteiger partial charge in [-0.25, -0.2) is 13.6 Å². The topological polar surface area (TPSA) is 90.4 Å². The minimum Gasteiger partial charge on any atom is -0.394 e. The SMILES string of the molecule is Nc1nc(=O)n(C2OC(CO)C(F)C2=CF)cc1Br. The van der Waals surface area contributed by atoms with E-state index in [1.165, 1.54) is 6.20 Å². The van der Waals surface area contributed by atoms with E-state index in [1.54, 1.807) is 0 Å². The smallest absolute Gasteiger partial charge is 0.351 e. The Hall–Kier alpha value is -1.32. The lowest BCUT2D eigenvalue weighted by atomic mass is 10.1. The first-order chi connectivity index (χ1) is 8.99. The first-order valence-electron chi connectivity index (χ1n) is 5.24. The van der Waals surface area contributed by atoms with Crippen LogP contribution in [0.3, 0.4) is 0 Å². The minimum absolute atomic E-state index is 0.0295. The number of rotatable bonds is 2. The summed E-state index contributed by atoms with van der Waals surface area (Å²) < 4.78 is 32.8. The van der Waals surface area contributed by atoms with E-state index in [1.807, 2.05) is 0 Å². The van der Waals surface area contributed by atoms with Crippen molar-refractivity contribution in [1.82, 2.24) is 9.55 Å². The maximum atomic E-state index is 13.7. The Morgan fingerprint density at radius 1 is 1.68 bits per heavy atom. The number of nitrogen functional groups attached to an aromatic ring is 1. The Balaban J connectivity index is 2.47. The summed E-state index contributed by atoms with van der Waals surface area (Å²) in [7, 11) is 0. The highest BCUT2D eigenvalue weighted by atomic mass is 79.9. The van der Waals surface area contributed by atoms with Gasteiger partial charge in [-0.05, 0) is 15.9 Å². The third-order valence-corrected chi connectivity index (χ3v) is 3.34. The molecule has 1 aliphatic heterocycles. The molecular formula is C10H10BrF2N3O3. The summed E-state index contributed by atoms with van der Waals surface area (Å²) in [6, 6.07) is 0. The molecule has 1 aromatic rings. The average molecular weight is 338 g/mol. The van der Waals surface area contributed by atoms with Crippen molar-refractivity contribution >= 4 is 21.7 Å². The second-order valence-electron chi connectivity index (χ2n) is 3.88. The van der Waals surface area contributed by atoms with Gasteiger partial charge in [-0.2, -0.15) is 4.98 Å². The van der Waals surface area contributed by atoms with Gasteiger partial charge in [-0.15, -0.1) is 0 Å². The van der Waals surface area contributed by atoms with Gasteiger partial charge in [0.2, 0.25) is 0 Å². The van der Waals surface area contributed by atoms with E-state index < -0.39 is 30.8 Å². The molecule has 19 heavy (non-hydrogen) atoms. The molecule has 6 nitrogen and oxygen atoms in total. The van der Waals surface area contributed by atoms with Crippen molar-refractivity contribution in [3.8, 4) is 0 Å². The van der Waals surface area contributed by atoms with Crippen LogP contribution in [0.15, 0.2) is 27.4 Å². The van der Waals surface area contributed by atoms with E-state index >= 15 is 0 Å². The number of halogens is 3. The monoisotopic (exact) mass is 337 g/mol. The van der Waals surface area contributed by atoms with Crippen molar-refractivity contribution in [1.29, 1.82) is 0 Å². The lowest BCUT2D eigenvalue weighted by Crippen LogP contribution is -2.28. The molecule has 0 spiro atoms. The van der Waals surface area contributed by atoms with Crippen molar-refractivity contribution in [2.24, 2.45) is 0 Å². The number of ether oxygens (including phenoxy) is 1. The van der Waals surface area contributed by atoms with E-state index in [9.17, 15) is 13.6 Å². The highest BCUT2D eigenvalue weighted by Gasteiger charge is 2.41. The number of hydrogen-bond acceptors (Lipinski definition) is 5.